The van der Waals surface area contributed by atoms with Gasteiger partial charge in [0.15, 0.2) is 11.5 Å². The molecule has 1 amide bonds. The number of ether oxygens (including phenoxy) is 2. The van der Waals surface area contributed by atoms with Crippen molar-refractivity contribution in [1.29, 1.82) is 5.26 Å². The van der Waals surface area contributed by atoms with Crippen molar-refractivity contribution in [2.75, 3.05) is 12.4 Å². The zero-order chi connectivity index (χ0) is 22.2. The average molecular weight is 435 g/mol. The molecule has 31 heavy (non-hydrogen) atoms. The highest BCUT2D eigenvalue weighted by Gasteiger charge is 2.13. The molecule has 0 saturated heterocycles. The second kappa shape index (κ2) is 10.4. The van der Waals surface area contributed by atoms with Crippen LogP contribution < -0.4 is 14.8 Å². The van der Waals surface area contributed by atoms with E-state index in [1.54, 1.807) is 25.3 Å². The first-order valence-corrected chi connectivity index (χ1v) is 10.5. The van der Waals surface area contributed by atoms with Crippen LogP contribution in [0, 0.1) is 18.3 Å². The van der Waals surface area contributed by atoms with E-state index < -0.39 is 5.91 Å². The van der Waals surface area contributed by atoms with Gasteiger partial charge >= 0.3 is 0 Å². The zero-order valence-corrected chi connectivity index (χ0v) is 18.3. The lowest BCUT2D eigenvalue weighted by Crippen LogP contribution is -2.13. The summed E-state index contributed by atoms with van der Waals surface area (Å²) in [5.41, 5.74) is 2.80. The first-order valence-electron chi connectivity index (χ1n) is 9.64. The molecule has 3 aromatic rings. The lowest BCUT2D eigenvalue weighted by molar-refractivity contribution is -0.112. The minimum absolute atomic E-state index is 0.0521. The second-order valence-corrected chi connectivity index (χ2v) is 7.73. The summed E-state index contributed by atoms with van der Waals surface area (Å²) >= 11 is 1.28. The van der Waals surface area contributed by atoms with Crippen LogP contribution in [0.3, 0.4) is 0 Å². The Morgan fingerprint density at radius 1 is 1.23 bits per heavy atom. The number of nitriles is 1. The normalized spacial score (nSPS) is 11.0. The summed E-state index contributed by atoms with van der Waals surface area (Å²) in [5, 5.41) is 21.1. The number of aryl methyl sites for hydroxylation is 2. The van der Waals surface area contributed by atoms with E-state index >= 15 is 0 Å². The Morgan fingerprint density at radius 2 is 2.06 bits per heavy atom. The van der Waals surface area contributed by atoms with E-state index in [1.165, 1.54) is 17.4 Å². The lowest BCUT2D eigenvalue weighted by Gasteiger charge is -2.12. The van der Waals surface area contributed by atoms with Gasteiger partial charge in [0.2, 0.25) is 5.13 Å². The van der Waals surface area contributed by atoms with Crippen LogP contribution in [0.2, 0.25) is 0 Å². The molecule has 0 radical (unpaired) electrons. The second-order valence-electron chi connectivity index (χ2n) is 6.67. The number of nitrogens with zero attached hydrogens (tertiary/aromatic N) is 3. The number of hydrogen-bond donors (Lipinski definition) is 1. The lowest BCUT2D eigenvalue weighted by atomic mass is 10.1. The Kier molecular flexibility index (Phi) is 7.35. The summed E-state index contributed by atoms with van der Waals surface area (Å²) in [4.78, 5) is 12.4. The van der Waals surface area contributed by atoms with Crippen molar-refractivity contribution in [1.82, 2.24) is 10.2 Å². The molecule has 3 rings (SSSR count). The first-order chi connectivity index (χ1) is 15.0. The summed E-state index contributed by atoms with van der Waals surface area (Å²) in [7, 11) is 1.54. The van der Waals surface area contributed by atoms with Crippen LogP contribution in [0.25, 0.3) is 6.08 Å². The van der Waals surface area contributed by atoms with Crippen LogP contribution in [0.1, 0.15) is 28.6 Å². The van der Waals surface area contributed by atoms with Crippen LogP contribution >= 0.6 is 11.3 Å². The summed E-state index contributed by atoms with van der Waals surface area (Å²) in [6, 6.07) is 15.2. The molecular weight excluding hydrogens is 412 g/mol. The van der Waals surface area contributed by atoms with Gasteiger partial charge in [-0.25, -0.2) is 0 Å². The topological polar surface area (TPSA) is 97.1 Å². The van der Waals surface area contributed by atoms with Gasteiger partial charge in [0, 0.05) is 0 Å². The number of nitrogens with one attached hydrogen (secondary N) is 1. The molecule has 0 saturated carbocycles. The predicted molar refractivity (Wildman–Crippen MR) is 120 cm³/mol. The molecule has 1 aromatic heterocycles. The van der Waals surface area contributed by atoms with Crippen LogP contribution in [-0.4, -0.2) is 23.2 Å². The maximum absolute atomic E-state index is 12.4. The van der Waals surface area contributed by atoms with E-state index in [2.05, 4.69) is 21.6 Å². The molecule has 0 fully saturated rings. The molecule has 0 bridgehead atoms. The Hall–Kier alpha value is -3.70. The molecule has 7 nitrogen and oxygen atoms in total. The van der Waals surface area contributed by atoms with Crippen LogP contribution in [0.5, 0.6) is 11.5 Å². The summed E-state index contributed by atoms with van der Waals surface area (Å²) in [5.74, 6) is 0.543. The standard InChI is InChI=1S/C23H22N4O3S/c1-4-21-26-27-23(31-21)25-22(28)18(13-24)11-16-8-9-19(20(12-16)29-3)30-14-17-7-5-6-15(2)10-17/h5-12H,4,14H2,1-3H3,(H,25,27,28). The number of carbonyl (C=O) groups is 1. The summed E-state index contributed by atoms with van der Waals surface area (Å²) in [6.45, 7) is 4.39. The van der Waals surface area contributed by atoms with Crippen molar-refractivity contribution in [2.45, 2.75) is 26.9 Å². The number of benzene rings is 2. The number of methoxy groups -OCH3 is 1. The molecule has 2 aromatic carbocycles. The van der Waals surface area contributed by atoms with Crippen LogP contribution in [0.4, 0.5) is 5.13 Å². The Morgan fingerprint density at radius 3 is 2.74 bits per heavy atom. The number of hydrogen-bond acceptors (Lipinski definition) is 7. The SMILES string of the molecule is CCc1nnc(NC(=O)C(C#N)=Cc2ccc(OCc3cccc(C)c3)c(OC)c2)s1. The summed E-state index contributed by atoms with van der Waals surface area (Å²) < 4.78 is 11.3. The molecule has 1 N–H and O–H groups in total. The van der Waals surface area contributed by atoms with Gasteiger partial charge in [0.25, 0.3) is 5.91 Å². The number of anilines is 1. The highest BCUT2D eigenvalue weighted by atomic mass is 32.1. The third-order valence-corrected chi connectivity index (χ3v) is 5.31. The van der Waals surface area contributed by atoms with Gasteiger partial charge in [0.05, 0.1) is 7.11 Å². The van der Waals surface area contributed by atoms with Crippen molar-refractivity contribution in [3.8, 4) is 17.6 Å². The fraction of sp³-hybridized carbons (Fsp3) is 0.217. The third-order valence-electron chi connectivity index (χ3n) is 4.33. The van der Waals surface area contributed by atoms with Gasteiger partial charge in [-0.2, -0.15) is 5.26 Å². The molecular formula is C23H22N4O3S. The maximum atomic E-state index is 12.4. The number of aromatic nitrogens is 2. The monoisotopic (exact) mass is 434 g/mol. The number of amides is 1. The van der Waals surface area contributed by atoms with Gasteiger partial charge in [0.1, 0.15) is 23.3 Å². The highest BCUT2D eigenvalue weighted by Crippen LogP contribution is 2.30. The molecule has 8 heteroatoms. The minimum atomic E-state index is -0.542. The molecule has 158 valence electrons. The maximum Gasteiger partial charge on any atom is 0.268 e. The van der Waals surface area contributed by atoms with Crippen molar-refractivity contribution in [3.05, 3.63) is 69.7 Å². The summed E-state index contributed by atoms with van der Waals surface area (Å²) in [6.07, 6.45) is 2.22. The molecule has 0 aliphatic heterocycles. The van der Waals surface area contributed by atoms with Gasteiger partial charge in [-0.05, 0) is 42.7 Å². The molecule has 0 atom stereocenters. The van der Waals surface area contributed by atoms with Gasteiger partial charge in [-0.3, -0.25) is 10.1 Å². The highest BCUT2D eigenvalue weighted by molar-refractivity contribution is 7.15. The Bertz CT molecular complexity index is 1150. The molecule has 0 aliphatic rings. The van der Waals surface area contributed by atoms with E-state index in [-0.39, 0.29) is 5.57 Å². The first kappa shape index (κ1) is 22.0. The predicted octanol–water partition coefficient (Wildman–Crippen LogP) is 4.54. The van der Waals surface area contributed by atoms with Crippen molar-refractivity contribution in [3.63, 3.8) is 0 Å². The van der Waals surface area contributed by atoms with Crippen LogP contribution in [-0.2, 0) is 17.8 Å². The average Bonchev–Trinajstić information content (AvgIpc) is 3.23. The largest absolute Gasteiger partial charge is 0.493 e. The van der Waals surface area contributed by atoms with E-state index in [4.69, 9.17) is 9.47 Å². The van der Waals surface area contributed by atoms with Crippen molar-refractivity contribution < 1.29 is 14.3 Å². The van der Waals surface area contributed by atoms with Gasteiger partial charge < -0.3 is 9.47 Å². The van der Waals surface area contributed by atoms with Crippen LogP contribution in [0.15, 0.2) is 48.0 Å². The molecule has 0 spiro atoms. The molecule has 0 aliphatic carbocycles. The van der Waals surface area contributed by atoms with E-state index in [0.717, 1.165) is 22.6 Å². The number of rotatable bonds is 8. The Labute approximate surface area is 185 Å². The van der Waals surface area contributed by atoms with Crippen molar-refractivity contribution in [2.24, 2.45) is 0 Å². The fourth-order valence-electron chi connectivity index (χ4n) is 2.78. The third kappa shape index (κ3) is 5.90. The minimum Gasteiger partial charge on any atom is -0.493 e. The smallest absolute Gasteiger partial charge is 0.268 e. The van der Waals surface area contributed by atoms with Gasteiger partial charge in [-0.15, -0.1) is 10.2 Å². The van der Waals surface area contributed by atoms with E-state index in [9.17, 15) is 10.1 Å². The fourth-order valence-corrected chi connectivity index (χ4v) is 3.46. The van der Waals surface area contributed by atoms with E-state index in [0.29, 0.717) is 28.8 Å². The van der Waals surface area contributed by atoms with Crippen molar-refractivity contribution >= 4 is 28.5 Å². The van der Waals surface area contributed by atoms with E-state index in [1.807, 2.05) is 38.1 Å². The molecule has 0 unspecified atom stereocenters. The number of carbonyl (C=O) groups excluding carboxylic acids is 1. The Balaban J connectivity index is 1.74. The van der Waals surface area contributed by atoms with Gasteiger partial charge in [-0.1, -0.05) is 54.2 Å². The molecule has 1 heterocycles. The quantitative estimate of drug-likeness (QED) is 0.413. The zero-order valence-electron chi connectivity index (χ0n) is 17.5.